The summed E-state index contributed by atoms with van der Waals surface area (Å²) < 4.78 is 11.2. The smallest absolute Gasteiger partial charge is 0.137 e. The van der Waals surface area contributed by atoms with E-state index in [-0.39, 0.29) is 0 Å². The summed E-state index contributed by atoms with van der Waals surface area (Å²) in [5.74, 6) is 3.72. The molecular formula is C47H52N4O. The molecule has 7 rings (SSSR count). The van der Waals surface area contributed by atoms with Crippen LogP contribution in [-0.2, 0) is 6.42 Å². The molecule has 2 unspecified atom stereocenters. The fraction of sp³-hybridized carbons (Fsp3) is 0.319. The zero-order valence-corrected chi connectivity index (χ0v) is 31.9. The van der Waals surface area contributed by atoms with Crippen LogP contribution < -0.4 is 4.74 Å². The zero-order valence-electron chi connectivity index (χ0n) is 31.9. The molecule has 0 spiro atoms. The first kappa shape index (κ1) is 35.3. The average Bonchev–Trinajstić information content (AvgIpc) is 3.62. The third kappa shape index (κ3) is 7.14. The molecule has 0 aliphatic heterocycles. The molecule has 3 aromatic heterocycles. The first-order chi connectivity index (χ1) is 25.2. The van der Waals surface area contributed by atoms with Gasteiger partial charge in [-0.3, -0.25) is 4.57 Å². The van der Waals surface area contributed by atoms with E-state index in [1.807, 2.05) is 6.20 Å². The number of ether oxygens (including phenoxy) is 1. The van der Waals surface area contributed by atoms with E-state index in [0.717, 1.165) is 64.7 Å². The number of hydrogen-bond donors (Lipinski definition) is 0. The van der Waals surface area contributed by atoms with Gasteiger partial charge >= 0.3 is 0 Å². The Bertz CT molecular complexity index is 2330. The number of rotatable bonds is 13. The minimum atomic E-state index is 0.490. The SMILES string of the molecule is CCCCc1cc(Oc2ccc3c4cc(C(C)CC(C)CCC)ccc4n(-c4cc(C)ccn4)c3c2)cc(-n2nc(C)c(-c3ccccc3)c2C)c1. The van der Waals surface area contributed by atoms with Crippen LogP contribution in [0.4, 0.5) is 0 Å². The molecule has 266 valence electrons. The molecule has 0 radical (unpaired) electrons. The predicted molar refractivity (Wildman–Crippen MR) is 218 cm³/mol. The maximum atomic E-state index is 6.80. The van der Waals surface area contributed by atoms with Crippen molar-refractivity contribution >= 4 is 21.8 Å². The molecule has 0 bridgehead atoms. The Kier molecular flexibility index (Phi) is 10.3. The molecule has 52 heavy (non-hydrogen) atoms. The molecule has 0 aliphatic carbocycles. The molecule has 3 heterocycles. The second-order valence-electron chi connectivity index (χ2n) is 14.9. The summed E-state index contributed by atoms with van der Waals surface area (Å²) in [5, 5.41) is 7.49. The summed E-state index contributed by atoms with van der Waals surface area (Å²) in [6.07, 6.45) is 8.83. The van der Waals surface area contributed by atoms with E-state index in [9.17, 15) is 0 Å². The van der Waals surface area contributed by atoms with Gasteiger partial charge < -0.3 is 4.74 Å². The van der Waals surface area contributed by atoms with Crippen LogP contribution in [0.3, 0.4) is 0 Å². The largest absolute Gasteiger partial charge is 0.457 e. The Morgan fingerprint density at radius 1 is 0.750 bits per heavy atom. The van der Waals surface area contributed by atoms with Gasteiger partial charge in [-0.1, -0.05) is 83.4 Å². The lowest BCUT2D eigenvalue weighted by Gasteiger charge is -2.17. The summed E-state index contributed by atoms with van der Waals surface area (Å²) in [7, 11) is 0. The number of benzene rings is 4. The second kappa shape index (κ2) is 15.2. The lowest BCUT2D eigenvalue weighted by atomic mass is 9.88. The van der Waals surface area contributed by atoms with Crippen molar-refractivity contribution in [2.75, 3.05) is 0 Å². The Morgan fingerprint density at radius 3 is 2.35 bits per heavy atom. The van der Waals surface area contributed by atoms with Crippen LogP contribution in [0.25, 0.3) is 44.4 Å². The highest BCUT2D eigenvalue weighted by molar-refractivity contribution is 6.09. The number of nitrogens with zero attached hydrogens (tertiary/aromatic N) is 4. The van der Waals surface area contributed by atoms with Gasteiger partial charge in [-0.2, -0.15) is 5.10 Å². The summed E-state index contributed by atoms with van der Waals surface area (Å²) >= 11 is 0. The number of fused-ring (bicyclic) bond motifs is 3. The molecule has 0 saturated carbocycles. The van der Waals surface area contributed by atoms with Crippen LogP contribution in [0.1, 0.15) is 93.8 Å². The number of pyridine rings is 1. The Hall–Kier alpha value is -5.16. The molecule has 0 fully saturated rings. The molecule has 0 saturated heterocycles. The third-order valence-corrected chi connectivity index (χ3v) is 10.6. The standard InChI is InChI=1S/C47H52N4O/c1-8-10-15-36-26-39(51-35(7)47(34(6)49-51)37-16-12-11-13-17-37)29-41(27-36)52-40-19-20-42-43-28-38(33(5)24-31(3)14-9-2)18-21-44(43)50(45(42)30-40)46-25-32(4)22-23-48-46/h11-13,16-23,25-31,33H,8-10,14-15,24H2,1-7H3. The second-order valence-corrected chi connectivity index (χ2v) is 14.9. The summed E-state index contributed by atoms with van der Waals surface area (Å²) in [5.41, 5.74) is 11.6. The quantitative estimate of drug-likeness (QED) is 0.121. The van der Waals surface area contributed by atoms with E-state index in [1.54, 1.807) is 0 Å². The first-order valence-corrected chi connectivity index (χ1v) is 19.2. The first-order valence-electron chi connectivity index (χ1n) is 19.2. The van der Waals surface area contributed by atoms with Crippen molar-refractivity contribution in [3.63, 3.8) is 0 Å². The van der Waals surface area contributed by atoms with Crippen LogP contribution in [0.2, 0.25) is 0 Å². The highest BCUT2D eigenvalue weighted by Crippen LogP contribution is 2.38. The van der Waals surface area contributed by atoms with Gasteiger partial charge in [0.15, 0.2) is 0 Å². The maximum absolute atomic E-state index is 6.80. The van der Waals surface area contributed by atoms with Crippen molar-refractivity contribution in [3.05, 3.63) is 131 Å². The van der Waals surface area contributed by atoms with Crippen molar-refractivity contribution < 1.29 is 4.74 Å². The van der Waals surface area contributed by atoms with Gasteiger partial charge in [0, 0.05) is 40.4 Å². The number of aromatic nitrogens is 4. The average molecular weight is 689 g/mol. The van der Waals surface area contributed by atoms with Gasteiger partial charge in [0.05, 0.1) is 22.4 Å². The summed E-state index contributed by atoms with van der Waals surface area (Å²) in [6, 6.07) is 34.9. The normalized spacial score (nSPS) is 12.8. The highest BCUT2D eigenvalue weighted by Gasteiger charge is 2.19. The molecule has 5 nitrogen and oxygen atoms in total. The van der Waals surface area contributed by atoms with Crippen molar-refractivity contribution in [1.29, 1.82) is 0 Å². The van der Waals surface area contributed by atoms with Crippen molar-refractivity contribution in [2.24, 2.45) is 5.92 Å². The van der Waals surface area contributed by atoms with E-state index in [2.05, 4.69) is 155 Å². The molecule has 0 aliphatic rings. The van der Waals surface area contributed by atoms with Crippen LogP contribution >= 0.6 is 0 Å². The molecular weight excluding hydrogens is 637 g/mol. The van der Waals surface area contributed by atoms with Crippen molar-refractivity contribution in [1.82, 2.24) is 19.3 Å². The molecule has 0 N–H and O–H groups in total. The van der Waals surface area contributed by atoms with Gasteiger partial charge in [0.2, 0.25) is 0 Å². The molecule has 4 aromatic carbocycles. The molecule has 2 atom stereocenters. The lowest BCUT2D eigenvalue weighted by molar-refractivity contribution is 0.449. The van der Waals surface area contributed by atoms with E-state index in [1.165, 1.54) is 57.9 Å². The summed E-state index contributed by atoms with van der Waals surface area (Å²) in [4.78, 5) is 4.85. The van der Waals surface area contributed by atoms with E-state index in [0.29, 0.717) is 11.8 Å². The lowest BCUT2D eigenvalue weighted by Crippen LogP contribution is -2.02. The fourth-order valence-electron chi connectivity index (χ4n) is 8.03. The summed E-state index contributed by atoms with van der Waals surface area (Å²) in [6.45, 7) is 15.7. The van der Waals surface area contributed by atoms with Crippen LogP contribution in [0.5, 0.6) is 11.5 Å². The Labute approximate surface area is 309 Å². The van der Waals surface area contributed by atoms with E-state index < -0.39 is 0 Å². The van der Waals surface area contributed by atoms with E-state index in [4.69, 9.17) is 14.8 Å². The maximum Gasteiger partial charge on any atom is 0.137 e. The van der Waals surface area contributed by atoms with Gasteiger partial charge in [-0.15, -0.1) is 0 Å². The highest BCUT2D eigenvalue weighted by atomic mass is 16.5. The third-order valence-electron chi connectivity index (χ3n) is 10.6. The number of hydrogen-bond acceptors (Lipinski definition) is 3. The zero-order chi connectivity index (χ0) is 36.4. The number of aryl methyl sites for hydroxylation is 3. The van der Waals surface area contributed by atoms with Crippen molar-refractivity contribution in [2.45, 2.75) is 92.9 Å². The Balaban J connectivity index is 1.31. The molecule has 7 aromatic rings. The fourth-order valence-corrected chi connectivity index (χ4v) is 8.03. The minimum Gasteiger partial charge on any atom is -0.457 e. The van der Waals surface area contributed by atoms with Crippen LogP contribution in [0.15, 0.2) is 103 Å². The van der Waals surface area contributed by atoms with Gasteiger partial charge in [-0.25, -0.2) is 9.67 Å². The van der Waals surface area contributed by atoms with E-state index >= 15 is 0 Å². The van der Waals surface area contributed by atoms with Crippen molar-refractivity contribution in [3.8, 4) is 34.1 Å². The minimum absolute atomic E-state index is 0.490. The van der Waals surface area contributed by atoms with Gasteiger partial charge in [0.1, 0.15) is 17.3 Å². The molecule has 5 heteroatoms. The van der Waals surface area contributed by atoms with Crippen LogP contribution in [0, 0.1) is 26.7 Å². The molecule has 0 amide bonds. The Morgan fingerprint density at radius 2 is 1.58 bits per heavy atom. The van der Waals surface area contributed by atoms with Gasteiger partial charge in [0.25, 0.3) is 0 Å². The topological polar surface area (TPSA) is 44.9 Å². The monoisotopic (exact) mass is 688 g/mol. The predicted octanol–water partition coefficient (Wildman–Crippen LogP) is 13.0. The van der Waals surface area contributed by atoms with Gasteiger partial charge in [-0.05, 0) is 123 Å². The van der Waals surface area contributed by atoms with Crippen LogP contribution in [-0.4, -0.2) is 19.3 Å². The number of unbranched alkanes of at least 4 members (excludes halogenated alkanes) is 1.